The quantitative estimate of drug-likeness (QED) is 0.128. The number of hydrogen-bond donors (Lipinski definition) is 1. The minimum Gasteiger partial charge on any atom is -0.292 e. The molecule has 0 aliphatic carbocycles. The van der Waals surface area contributed by atoms with Crippen LogP contribution in [0.2, 0.25) is 0 Å². The lowest BCUT2D eigenvalue weighted by atomic mass is 10.0. The Kier molecular flexibility index (Phi) is 16.2. The molecule has 0 aromatic heterocycles. The highest BCUT2D eigenvalue weighted by molar-refractivity contribution is 14.1. The molecule has 198 valence electrons. The number of halogens is 1. The first-order valence-electron chi connectivity index (χ1n) is 14.0. The van der Waals surface area contributed by atoms with Crippen LogP contribution in [-0.2, 0) is 7.86 Å². The Morgan fingerprint density at radius 2 is 1.19 bits per heavy atom. The van der Waals surface area contributed by atoms with Crippen LogP contribution >= 0.6 is 21.2 Å². The third-order valence-electron chi connectivity index (χ3n) is 6.66. The van der Waals surface area contributed by atoms with E-state index in [9.17, 15) is 12.7 Å². The molecule has 0 unspecified atom stereocenters. The topological polar surface area (TPSA) is 63.2 Å². The van der Waals surface area contributed by atoms with E-state index in [1.165, 1.54) is 77.0 Å². The zero-order valence-electron chi connectivity index (χ0n) is 22.0. The largest absolute Gasteiger partial charge is 0.292 e. The van der Waals surface area contributed by atoms with E-state index in [-0.39, 0.29) is 5.91 Å². The van der Waals surface area contributed by atoms with Crippen molar-refractivity contribution in [2.75, 3.05) is 0 Å². The van der Waals surface area contributed by atoms with Crippen LogP contribution in [0.5, 0.6) is 0 Å². The molecule has 0 aliphatic heterocycles. The fraction of sp³-hybridized carbons (Fsp3) is 0.548. The van der Waals surface area contributed by atoms with Gasteiger partial charge in [-0.05, 0) is 29.7 Å². The maximum atomic E-state index is 12.7. The van der Waals surface area contributed by atoms with E-state index in [1.807, 2.05) is 36.4 Å². The van der Waals surface area contributed by atoms with Gasteiger partial charge >= 0.3 is 0 Å². The second-order valence-corrected chi connectivity index (χ2v) is 11.3. The van der Waals surface area contributed by atoms with E-state index >= 15 is 0 Å². The molecule has 0 heterocycles. The molecule has 0 spiro atoms. The fourth-order valence-corrected chi connectivity index (χ4v) is 5.45. The van der Waals surface area contributed by atoms with Gasteiger partial charge in [0.05, 0.1) is 9.13 Å². The van der Waals surface area contributed by atoms with Crippen molar-refractivity contribution in [3.05, 3.63) is 57.7 Å². The maximum absolute atomic E-state index is 12.7. The molecule has 0 radical (unpaired) electrons. The molecule has 0 saturated heterocycles. The number of unbranched alkanes of at least 4 members (excludes halogenated alkanes) is 14. The number of amides is 2. The van der Waals surface area contributed by atoms with Gasteiger partial charge < -0.3 is 0 Å². The van der Waals surface area contributed by atoms with Crippen LogP contribution in [0.1, 0.15) is 120 Å². The predicted molar refractivity (Wildman–Crippen MR) is 157 cm³/mol. The molecule has 5 heteroatoms. The van der Waals surface area contributed by atoms with Crippen LogP contribution < -0.4 is 5.32 Å². The van der Waals surface area contributed by atoms with Gasteiger partial charge in [-0.3, -0.25) is 18.0 Å². The van der Waals surface area contributed by atoms with Crippen LogP contribution in [0.4, 0.5) is 0 Å². The van der Waals surface area contributed by atoms with Gasteiger partial charge in [-0.2, -0.15) is 0 Å². The van der Waals surface area contributed by atoms with Gasteiger partial charge in [0.25, 0.3) is 5.91 Å². The molecule has 0 saturated carbocycles. The summed E-state index contributed by atoms with van der Waals surface area (Å²) in [5, 5.41) is 2.50. The zero-order chi connectivity index (χ0) is 25.8. The van der Waals surface area contributed by atoms with E-state index in [4.69, 9.17) is 0 Å². The Bertz CT molecular complexity index is 913. The summed E-state index contributed by atoms with van der Waals surface area (Å²) in [6, 6.07) is 15.1. The van der Waals surface area contributed by atoms with Crippen LogP contribution in [0.25, 0.3) is 11.1 Å². The minimum atomic E-state index is -1.51. The maximum Gasteiger partial charge on any atom is 0.259 e. The number of rotatable bonds is 19. The summed E-state index contributed by atoms with van der Waals surface area (Å²) in [7, 11) is 0. The van der Waals surface area contributed by atoms with Crippen LogP contribution in [-0.4, -0.2) is 11.8 Å². The highest BCUT2D eigenvalue weighted by atomic mass is 127. The molecule has 0 aliphatic rings. The molecular formula is C31H44INO3. The van der Waals surface area contributed by atoms with E-state index in [0.717, 1.165) is 30.4 Å². The van der Waals surface area contributed by atoms with E-state index < -0.39 is 27.1 Å². The van der Waals surface area contributed by atoms with Crippen molar-refractivity contribution in [1.82, 2.24) is 5.32 Å². The van der Waals surface area contributed by atoms with Crippen molar-refractivity contribution in [2.45, 2.75) is 110 Å². The SMILES string of the molecule is CCCCCCCCCCCCCCCCCC(=O)NC(=O)c1cc(-c2ccccc2)ccc1I=O. The summed E-state index contributed by atoms with van der Waals surface area (Å²) in [4.78, 5) is 25.0. The Balaban J connectivity index is 1.57. The summed E-state index contributed by atoms with van der Waals surface area (Å²) < 4.78 is 12.2. The number of carbonyl (C=O) groups is 2. The van der Waals surface area contributed by atoms with Crippen molar-refractivity contribution in [1.29, 1.82) is 0 Å². The Hall–Kier alpha value is -1.89. The highest BCUT2D eigenvalue weighted by Crippen LogP contribution is 2.25. The van der Waals surface area contributed by atoms with Gasteiger partial charge in [-0.25, -0.2) is 0 Å². The number of benzene rings is 2. The monoisotopic (exact) mass is 605 g/mol. The number of nitrogens with one attached hydrogen (secondary N) is 1. The second-order valence-electron chi connectivity index (χ2n) is 9.71. The van der Waals surface area contributed by atoms with Gasteiger partial charge in [0.1, 0.15) is 0 Å². The number of carbonyl (C=O) groups excluding carboxylic acids is 2. The van der Waals surface area contributed by atoms with Gasteiger partial charge in [-0.15, -0.1) is 0 Å². The molecule has 2 aromatic carbocycles. The summed E-state index contributed by atoms with van der Waals surface area (Å²) in [5.74, 6) is -0.709. The summed E-state index contributed by atoms with van der Waals surface area (Å²) >= 11 is -1.51. The lowest BCUT2D eigenvalue weighted by Gasteiger charge is -2.09. The molecule has 2 amide bonds. The zero-order valence-corrected chi connectivity index (χ0v) is 24.2. The second kappa shape index (κ2) is 19.3. The summed E-state index contributed by atoms with van der Waals surface area (Å²) in [5.41, 5.74) is 2.19. The number of imide groups is 1. The molecule has 0 atom stereocenters. The first-order valence-corrected chi connectivity index (χ1v) is 15.9. The van der Waals surface area contributed by atoms with Gasteiger partial charge in [0.2, 0.25) is 5.91 Å². The standard InChI is InChI=1S/C31H44INO3/c1-2-3-4-5-6-7-8-9-10-11-12-13-14-15-19-22-30(34)33-31(35)28-25-27(23-24-29(28)32-36)26-20-17-16-18-21-26/h16-18,20-21,23-25H,2-15,19,22H2,1H3,(H,33,34,35). The van der Waals surface area contributed by atoms with Crippen molar-refractivity contribution in [3.8, 4) is 11.1 Å². The van der Waals surface area contributed by atoms with Crippen LogP contribution in [0.15, 0.2) is 48.5 Å². The van der Waals surface area contributed by atoms with E-state index in [2.05, 4.69) is 12.2 Å². The third kappa shape index (κ3) is 12.4. The third-order valence-corrected chi connectivity index (χ3v) is 8.08. The minimum absolute atomic E-state index is 0.255. The first-order chi connectivity index (χ1) is 17.7. The Morgan fingerprint density at radius 1 is 0.667 bits per heavy atom. The average molecular weight is 606 g/mol. The molecular weight excluding hydrogens is 561 g/mol. The first kappa shape index (κ1) is 30.3. The predicted octanol–water partition coefficient (Wildman–Crippen LogP) is 9.36. The van der Waals surface area contributed by atoms with Gasteiger partial charge in [0, 0.05) is 6.42 Å². The highest BCUT2D eigenvalue weighted by Gasteiger charge is 2.16. The van der Waals surface area contributed by atoms with E-state index in [1.54, 1.807) is 12.1 Å². The van der Waals surface area contributed by atoms with Gasteiger partial charge in [0.15, 0.2) is 21.2 Å². The normalized spacial score (nSPS) is 10.9. The van der Waals surface area contributed by atoms with Crippen LogP contribution in [0, 0.1) is 3.57 Å². The van der Waals surface area contributed by atoms with Crippen molar-refractivity contribution in [3.63, 3.8) is 0 Å². The molecule has 4 nitrogen and oxygen atoms in total. The summed E-state index contributed by atoms with van der Waals surface area (Å²) in [6.45, 7) is 2.26. The lowest BCUT2D eigenvalue weighted by Crippen LogP contribution is -2.30. The molecule has 36 heavy (non-hydrogen) atoms. The van der Waals surface area contributed by atoms with Crippen LogP contribution in [0.3, 0.4) is 0 Å². The Labute approximate surface area is 228 Å². The van der Waals surface area contributed by atoms with Gasteiger partial charge in [-0.1, -0.05) is 133 Å². The molecule has 1 N–H and O–H groups in total. The van der Waals surface area contributed by atoms with Crippen molar-refractivity contribution >= 4 is 33.0 Å². The fourth-order valence-electron chi connectivity index (χ4n) is 4.49. The van der Waals surface area contributed by atoms with Crippen molar-refractivity contribution in [2.24, 2.45) is 0 Å². The average Bonchev–Trinajstić information content (AvgIpc) is 2.91. The molecule has 2 rings (SSSR count). The van der Waals surface area contributed by atoms with Crippen molar-refractivity contribution < 1.29 is 12.7 Å². The smallest absolute Gasteiger partial charge is 0.259 e. The van der Waals surface area contributed by atoms with E-state index in [0.29, 0.717) is 15.6 Å². The lowest BCUT2D eigenvalue weighted by molar-refractivity contribution is -0.120. The molecule has 2 aromatic rings. The Morgan fingerprint density at radius 3 is 1.72 bits per heavy atom. The summed E-state index contributed by atoms with van der Waals surface area (Å²) in [6.07, 6.45) is 19.5. The number of hydrogen-bond acceptors (Lipinski definition) is 3. The molecule has 0 fully saturated rings. The molecule has 0 bridgehead atoms.